The molecule has 100 valence electrons. The van der Waals surface area contributed by atoms with Crippen molar-refractivity contribution in [1.29, 1.82) is 0 Å². The minimum Gasteiger partial charge on any atom is -0.486 e. The van der Waals surface area contributed by atoms with Gasteiger partial charge in [-0.1, -0.05) is 15.9 Å². The Balaban J connectivity index is 1.67. The van der Waals surface area contributed by atoms with Crippen LogP contribution in [0.5, 0.6) is 11.5 Å². The van der Waals surface area contributed by atoms with Crippen LogP contribution in [-0.4, -0.2) is 13.2 Å². The topological polar surface area (TPSA) is 31.6 Å². The zero-order valence-electron chi connectivity index (χ0n) is 10.2. The first-order valence-corrected chi connectivity index (χ1v) is 7.96. The molecule has 0 N–H and O–H groups in total. The van der Waals surface area contributed by atoms with Crippen molar-refractivity contribution in [2.45, 2.75) is 11.5 Å². The maximum atomic E-state index is 5.60. The van der Waals surface area contributed by atoms with E-state index in [1.807, 2.05) is 36.0 Å². The standard InChI is InChI=1S/C14H13BrO3S/c15-12-7-14-13(17-4-5-18-14)6-10(12)8-19-9-11-2-1-3-16-11/h1-3,6-7H,4-5,8-9H2. The van der Waals surface area contributed by atoms with E-state index in [0.29, 0.717) is 13.2 Å². The molecule has 3 rings (SSSR count). The summed E-state index contributed by atoms with van der Waals surface area (Å²) in [5.41, 5.74) is 1.21. The van der Waals surface area contributed by atoms with Gasteiger partial charge in [0.15, 0.2) is 11.5 Å². The van der Waals surface area contributed by atoms with E-state index in [2.05, 4.69) is 15.9 Å². The molecule has 1 aliphatic heterocycles. The number of hydrogen-bond donors (Lipinski definition) is 0. The second-order valence-corrected chi connectivity index (χ2v) is 6.00. The van der Waals surface area contributed by atoms with Crippen LogP contribution in [0.4, 0.5) is 0 Å². The highest BCUT2D eigenvalue weighted by atomic mass is 79.9. The summed E-state index contributed by atoms with van der Waals surface area (Å²) in [6.07, 6.45) is 1.70. The molecule has 0 unspecified atom stereocenters. The third-order valence-electron chi connectivity index (χ3n) is 2.79. The third kappa shape index (κ3) is 3.09. The first kappa shape index (κ1) is 12.9. The van der Waals surface area contributed by atoms with Crippen molar-refractivity contribution in [3.63, 3.8) is 0 Å². The summed E-state index contributed by atoms with van der Waals surface area (Å²) in [6.45, 7) is 1.24. The van der Waals surface area contributed by atoms with Crippen LogP contribution in [0.25, 0.3) is 0 Å². The Kier molecular flexibility index (Phi) is 4.03. The monoisotopic (exact) mass is 340 g/mol. The molecule has 5 heteroatoms. The highest BCUT2D eigenvalue weighted by Crippen LogP contribution is 2.37. The minimum atomic E-state index is 0.617. The molecule has 0 spiro atoms. The average Bonchev–Trinajstić information content (AvgIpc) is 2.92. The summed E-state index contributed by atoms with van der Waals surface area (Å²) in [5.74, 6) is 4.42. The highest BCUT2D eigenvalue weighted by Gasteiger charge is 2.14. The molecule has 0 saturated heterocycles. The predicted molar refractivity (Wildman–Crippen MR) is 78.8 cm³/mol. The molecule has 1 aromatic carbocycles. The maximum absolute atomic E-state index is 5.60. The Morgan fingerprint density at radius 3 is 2.63 bits per heavy atom. The molecule has 19 heavy (non-hydrogen) atoms. The van der Waals surface area contributed by atoms with Crippen LogP contribution in [0, 0.1) is 0 Å². The summed E-state index contributed by atoms with van der Waals surface area (Å²) in [5, 5.41) is 0. The van der Waals surface area contributed by atoms with Crippen molar-refractivity contribution < 1.29 is 13.9 Å². The number of hydrogen-bond acceptors (Lipinski definition) is 4. The molecule has 0 fully saturated rings. The van der Waals surface area contributed by atoms with E-state index in [1.54, 1.807) is 6.26 Å². The van der Waals surface area contributed by atoms with Crippen molar-refractivity contribution in [3.8, 4) is 11.5 Å². The fraction of sp³-hybridized carbons (Fsp3) is 0.286. The summed E-state index contributed by atoms with van der Waals surface area (Å²) < 4.78 is 17.5. The van der Waals surface area contributed by atoms with Crippen LogP contribution in [0.2, 0.25) is 0 Å². The van der Waals surface area contributed by atoms with Gasteiger partial charge >= 0.3 is 0 Å². The molecule has 0 radical (unpaired) electrons. The summed E-state index contributed by atoms with van der Waals surface area (Å²) >= 11 is 5.39. The Labute approximate surface area is 124 Å². The van der Waals surface area contributed by atoms with Gasteiger partial charge in [0.25, 0.3) is 0 Å². The van der Waals surface area contributed by atoms with Gasteiger partial charge in [0.2, 0.25) is 0 Å². The lowest BCUT2D eigenvalue weighted by molar-refractivity contribution is 0.171. The number of furan rings is 1. The second-order valence-electron chi connectivity index (χ2n) is 4.16. The number of fused-ring (bicyclic) bond motifs is 1. The van der Waals surface area contributed by atoms with Gasteiger partial charge in [-0.2, -0.15) is 0 Å². The lowest BCUT2D eigenvalue weighted by atomic mass is 10.2. The first-order chi connectivity index (χ1) is 9.33. The number of benzene rings is 1. The van der Waals surface area contributed by atoms with Crippen molar-refractivity contribution in [1.82, 2.24) is 0 Å². The Morgan fingerprint density at radius 1 is 1.11 bits per heavy atom. The summed E-state index contributed by atoms with van der Waals surface area (Å²) in [7, 11) is 0. The fourth-order valence-electron chi connectivity index (χ4n) is 1.87. The lowest BCUT2D eigenvalue weighted by Gasteiger charge is -2.19. The van der Waals surface area contributed by atoms with Crippen LogP contribution in [0.15, 0.2) is 39.4 Å². The number of rotatable bonds is 4. The van der Waals surface area contributed by atoms with E-state index in [9.17, 15) is 0 Å². The Morgan fingerprint density at radius 2 is 1.89 bits per heavy atom. The summed E-state index contributed by atoms with van der Waals surface area (Å²) in [4.78, 5) is 0. The van der Waals surface area contributed by atoms with Crippen molar-refractivity contribution >= 4 is 27.7 Å². The smallest absolute Gasteiger partial charge is 0.162 e. The Hall–Kier alpha value is -1.07. The normalized spacial score (nSPS) is 13.5. The largest absolute Gasteiger partial charge is 0.486 e. The van der Waals surface area contributed by atoms with Crippen LogP contribution in [0.3, 0.4) is 0 Å². The van der Waals surface area contributed by atoms with E-state index in [1.165, 1.54) is 5.56 Å². The molecule has 1 aliphatic rings. The first-order valence-electron chi connectivity index (χ1n) is 6.01. The zero-order valence-corrected chi connectivity index (χ0v) is 12.6. The SMILES string of the molecule is Brc1cc2c(cc1CSCc1ccco1)OCCO2. The van der Waals surface area contributed by atoms with Crippen LogP contribution in [0.1, 0.15) is 11.3 Å². The van der Waals surface area contributed by atoms with Crippen LogP contribution in [-0.2, 0) is 11.5 Å². The van der Waals surface area contributed by atoms with Crippen molar-refractivity contribution in [2.24, 2.45) is 0 Å². The number of ether oxygens (including phenoxy) is 2. The molecule has 2 heterocycles. The van der Waals surface area contributed by atoms with Gasteiger partial charge in [-0.3, -0.25) is 0 Å². The zero-order chi connectivity index (χ0) is 13.1. The average molecular weight is 341 g/mol. The minimum absolute atomic E-state index is 0.617. The van der Waals surface area contributed by atoms with Gasteiger partial charge in [0, 0.05) is 10.2 Å². The molecular weight excluding hydrogens is 328 g/mol. The number of halogens is 1. The van der Waals surface area contributed by atoms with Gasteiger partial charge in [-0.05, 0) is 29.8 Å². The molecule has 1 aromatic heterocycles. The van der Waals surface area contributed by atoms with Gasteiger partial charge in [0.1, 0.15) is 19.0 Å². The van der Waals surface area contributed by atoms with E-state index in [0.717, 1.165) is 33.2 Å². The predicted octanol–water partition coefficient (Wildman–Crippen LogP) is 4.25. The van der Waals surface area contributed by atoms with Crippen LogP contribution >= 0.6 is 27.7 Å². The molecule has 3 nitrogen and oxygen atoms in total. The van der Waals surface area contributed by atoms with Gasteiger partial charge in [0.05, 0.1) is 12.0 Å². The second kappa shape index (κ2) is 5.92. The van der Waals surface area contributed by atoms with E-state index >= 15 is 0 Å². The summed E-state index contributed by atoms with van der Waals surface area (Å²) in [6, 6.07) is 7.94. The number of thioether (sulfide) groups is 1. The molecule has 2 aromatic rings. The quantitative estimate of drug-likeness (QED) is 0.832. The molecule has 0 saturated carbocycles. The Bertz CT molecular complexity index is 554. The van der Waals surface area contributed by atoms with Crippen LogP contribution < -0.4 is 9.47 Å². The third-order valence-corrected chi connectivity index (χ3v) is 4.54. The van der Waals surface area contributed by atoms with Crippen molar-refractivity contribution in [3.05, 3.63) is 46.3 Å². The molecule has 0 aliphatic carbocycles. The van der Waals surface area contributed by atoms with E-state index < -0.39 is 0 Å². The van der Waals surface area contributed by atoms with Crippen molar-refractivity contribution in [2.75, 3.05) is 13.2 Å². The van der Waals surface area contributed by atoms with Gasteiger partial charge < -0.3 is 13.9 Å². The maximum Gasteiger partial charge on any atom is 0.162 e. The molecule has 0 amide bonds. The van der Waals surface area contributed by atoms with Gasteiger partial charge in [-0.25, -0.2) is 0 Å². The fourth-order valence-corrected chi connectivity index (χ4v) is 3.45. The molecule has 0 atom stereocenters. The van der Waals surface area contributed by atoms with E-state index in [4.69, 9.17) is 13.9 Å². The molecule has 0 bridgehead atoms. The van der Waals surface area contributed by atoms with E-state index in [-0.39, 0.29) is 0 Å². The molecular formula is C14H13BrO3S. The van der Waals surface area contributed by atoms with Gasteiger partial charge in [-0.15, -0.1) is 11.8 Å². The highest BCUT2D eigenvalue weighted by molar-refractivity contribution is 9.10. The lowest BCUT2D eigenvalue weighted by Crippen LogP contribution is -2.15.